The highest BCUT2D eigenvalue weighted by atomic mass is 79.9. The summed E-state index contributed by atoms with van der Waals surface area (Å²) in [6.07, 6.45) is 4.33. The van der Waals surface area contributed by atoms with Crippen LogP contribution < -0.4 is 0 Å². The Morgan fingerprint density at radius 3 is 2.80 bits per heavy atom. The molecule has 80 valence electrons. The van der Waals surface area contributed by atoms with E-state index in [2.05, 4.69) is 15.9 Å². The topological polar surface area (TPSA) is 17.1 Å². The molecule has 1 nitrogen and oxygen atoms in total. The van der Waals surface area contributed by atoms with Crippen LogP contribution in [0.1, 0.15) is 36.0 Å². The maximum Gasteiger partial charge on any atom is 0.164 e. The van der Waals surface area contributed by atoms with Crippen molar-refractivity contribution in [2.24, 2.45) is 5.92 Å². The fourth-order valence-electron chi connectivity index (χ4n) is 1.78. The van der Waals surface area contributed by atoms with Gasteiger partial charge in [0.25, 0.3) is 0 Å². The molecule has 1 fully saturated rings. The molecule has 0 saturated heterocycles. The van der Waals surface area contributed by atoms with Gasteiger partial charge in [-0.1, -0.05) is 46.8 Å². The van der Waals surface area contributed by atoms with Gasteiger partial charge in [-0.3, -0.25) is 4.79 Å². The Bertz CT molecular complexity index is 385. The minimum absolute atomic E-state index is 0.203. The van der Waals surface area contributed by atoms with Crippen molar-refractivity contribution in [3.05, 3.63) is 33.3 Å². The summed E-state index contributed by atoms with van der Waals surface area (Å²) in [5.41, 5.74) is 0.717. The molecule has 0 atom stereocenters. The Morgan fingerprint density at radius 1 is 1.47 bits per heavy atom. The summed E-state index contributed by atoms with van der Waals surface area (Å²) in [6, 6.07) is 5.36. The molecule has 3 heteroatoms. The molecule has 0 bridgehead atoms. The van der Waals surface area contributed by atoms with Crippen molar-refractivity contribution < 1.29 is 4.79 Å². The number of carbonyl (C=O) groups is 1. The molecule has 0 heterocycles. The SMILES string of the molecule is O=C(CC1CCC1)c1cc(Cl)ccc1Br. The Kier molecular flexibility index (Phi) is 3.47. The normalized spacial score (nSPS) is 16.1. The van der Waals surface area contributed by atoms with Gasteiger partial charge in [-0.15, -0.1) is 0 Å². The summed E-state index contributed by atoms with van der Waals surface area (Å²) in [5.74, 6) is 0.803. The van der Waals surface area contributed by atoms with Gasteiger partial charge in [0.05, 0.1) is 0 Å². The van der Waals surface area contributed by atoms with Gasteiger partial charge in [-0.05, 0) is 24.1 Å². The molecule has 0 aliphatic heterocycles. The van der Waals surface area contributed by atoms with Crippen LogP contribution in [-0.2, 0) is 0 Å². The summed E-state index contributed by atoms with van der Waals surface area (Å²) in [7, 11) is 0. The first-order valence-electron chi connectivity index (χ1n) is 5.15. The van der Waals surface area contributed by atoms with Gasteiger partial charge in [0.2, 0.25) is 0 Å². The number of hydrogen-bond acceptors (Lipinski definition) is 1. The van der Waals surface area contributed by atoms with E-state index in [0.29, 0.717) is 17.4 Å². The van der Waals surface area contributed by atoms with Gasteiger partial charge < -0.3 is 0 Å². The zero-order valence-corrected chi connectivity index (χ0v) is 10.6. The number of ketones is 1. The van der Waals surface area contributed by atoms with Crippen LogP contribution in [0.2, 0.25) is 5.02 Å². The Labute approximate surface area is 103 Å². The number of rotatable bonds is 3. The molecule has 0 N–H and O–H groups in total. The highest BCUT2D eigenvalue weighted by Gasteiger charge is 2.22. The molecule has 1 aliphatic rings. The van der Waals surface area contributed by atoms with Gasteiger partial charge in [-0.2, -0.15) is 0 Å². The van der Waals surface area contributed by atoms with Gasteiger partial charge in [0, 0.05) is 21.5 Å². The molecule has 1 aliphatic carbocycles. The molecule has 1 aromatic carbocycles. The van der Waals surface area contributed by atoms with Crippen molar-refractivity contribution in [2.45, 2.75) is 25.7 Å². The smallest absolute Gasteiger partial charge is 0.164 e. The maximum atomic E-state index is 11.9. The van der Waals surface area contributed by atoms with E-state index in [1.54, 1.807) is 12.1 Å². The van der Waals surface area contributed by atoms with E-state index in [0.717, 1.165) is 10.0 Å². The van der Waals surface area contributed by atoms with Crippen LogP contribution in [0.3, 0.4) is 0 Å². The van der Waals surface area contributed by atoms with Gasteiger partial charge in [0.15, 0.2) is 5.78 Å². The Morgan fingerprint density at radius 2 is 2.20 bits per heavy atom. The first-order valence-corrected chi connectivity index (χ1v) is 6.32. The van der Waals surface area contributed by atoms with E-state index in [1.807, 2.05) is 6.07 Å². The number of halogens is 2. The molecule has 0 amide bonds. The largest absolute Gasteiger partial charge is 0.294 e. The molecular weight excluding hydrogens is 275 g/mol. The molecule has 2 rings (SSSR count). The van der Waals surface area contributed by atoms with Crippen LogP contribution in [0.4, 0.5) is 0 Å². The third-order valence-electron chi connectivity index (χ3n) is 2.93. The van der Waals surface area contributed by atoms with Gasteiger partial charge in [0.1, 0.15) is 0 Å². The van der Waals surface area contributed by atoms with Crippen molar-refractivity contribution in [2.75, 3.05) is 0 Å². The first kappa shape index (κ1) is 11.2. The summed E-state index contributed by atoms with van der Waals surface area (Å²) in [6.45, 7) is 0. The second kappa shape index (κ2) is 4.67. The monoisotopic (exact) mass is 286 g/mol. The molecule has 1 aromatic rings. The van der Waals surface area contributed by atoms with Crippen molar-refractivity contribution in [3.63, 3.8) is 0 Å². The molecule has 0 spiro atoms. The van der Waals surface area contributed by atoms with Gasteiger partial charge in [-0.25, -0.2) is 0 Å². The number of carbonyl (C=O) groups excluding carboxylic acids is 1. The molecule has 0 unspecified atom stereocenters. The fraction of sp³-hybridized carbons (Fsp3) is 0.417. The lowest BCUT2D eigenvalue weighted by Gasteiger charge is -2.24. The third-order valence-corrected chi connectivity index (χ3v) is 3.85. The second-order valence-corrected chi connectivity index (χ2v) is 5.34. The van der Waals surface area contributed by atoms with Crippen molar-refractivity contribution in [3.8, 4) is 0 Å². The Balaban J connectivity index is 2.12. The highest BCUT2D eigenvalue weighted by Crippen LogP contribution is 2.32. The summed E-state index contributed by atoms with van der Waals surface area (Å²) >= 11 is 9.25. The van der Waals surface area contributed by atoms with Gasteiger partial charge >= 0.3 is 0 Å². The first-order chi connectivity index (χ1) is 7.16. The van der Waals surface area contributed by atoms with E-state index in [9.17, 15) is 4.79 Å². The predicted octanol–water partition coefficient (Wildman–Crippen LogP) is 4.48. The predicted molar refractivity (Wildman–Crippen MR) is 65.4 cm³/mol. The van der Waals surface area contributed by atoms with Crippen LogP contribution in [0.5, 0.6) is 0 Å². The summed E-state index contributed by atoms with van der Waals surface area (Å²) in [5, 5.41) is 0.621. The highest BCUT2D eigenvalue weighted by molar-refractivity contribution is 9.10. The average molecular weight is 288 g/mol. The third kappa shape index (κ3) is 2.61. The lowest BCUT2D eigenvalue weighted by atomic mass is 9.81. The fourth-order valence-corrected chi connectivity index (χ4v) is 2.42. The van der Waals surface area contributed by atoms with E-state index >= 15 is 0 Å². The lowest BCUT2D eigenvalue weighted by Crippen LogP contribution is -2.16. The quantitative estimate of drug-likeness (QED) is 0.749. The maximum absolute atomic E-state index is 11.9. The number of Topliss-reactive ketones (excluding diaryl/α,β-unsaturated/α-hetero) is 1. The van der Waals surface area contributed by atoms with Crippen molar-refractivity contribution >= 4 is 33.3 Å². The molecular formula is C12H12BrClO. The van der Waals surface area contributed by atoms with E-state index < -0.39 is 0 Å². The minimum Gasteiger partial charge on any atom is -0.294 e. The van der Waals surface area contributed by atoms with Crippen LogP contribution in [-0.4, -0.2) is 5.78 Å². The molecule has 0 aromatic heterocycles. The van der Waals surface area contributed by atoms with Crippen LogP contribution in [0.25, 0.3) is 0 Å². The second-order valence-electron chi connectivity index (χ2n) is 4.05. The summed E-state index contributed by atoms with van der Waals surface area (Å²) in [4.78, 5) is 11.9. The van der Waals surface area contributed by atoms with E-state index in [-0.39, 0.29) is 5.78 Å². The van der Waals surface area contributed by atoms with Crippen LogP contribution in [0.15, 0.2) is 22.7 Å². The molecule has 15 heavy (non-hydrogen) atoms. The minimum atomic E-state index is 0.203. The van der Waals surface area contributed by atoms with E-state index in [1.165, 1.54) is 19.3 Å². The lowest BCUT2D eigenvalue weighted by molar-refractivity contribution is 0.0936. The average Bonchev–Trinajstić information content (AvgIpc) is 2.15. The van der Waals surface area contributed by atoms with Crippen LogP contribution >= 0.6 is 27.5 Å². The molecule has 0 radical (unpaired) electrons. The number of hydrogen-bond donors (Lipinski definition) is 0. The zero-order chi connectivity index (χ0) is 10.8. The van der Waals surface area contributed by atoms with E-state index in [4.69, 9.17) is 11.6 Å². The Hall–Kier alpha value is -0.340. The molecule has 1 saturated carbocycles. The van der Waals surface area contributed by atoms with Crippen LogP contribution in [0, 0.1) is 5.92 Å². The summed E-state index contributed by atoms with van der Waals surface area (Å²) < 4.78 is 0.844. The van der Waals surface area contributed by atoms with Crippen molar-refractivity contribution in [1.29, 1.82) is 0 Å². The van der Waals surface area contributed by atoms with Crippen molar-refractivity contribution in [1.82, 2.24) is 0 Å². The zero-order valence-electron chi connectivity index (χ0n) is 8.30. The number of benzene rings is 1. The standard InChI is InChI=1S/C12H12BrClO/c13-11-5-4-9(14)7-10(11)12(15)6-8-2-1-3-8/h4-5,7-8H,1-3,6H2.